The van der Waals surface area contributed by atoms with E-state index < -0.39 is 10.0 Å². The molecule has 0 aliphatic heterocycles. The predicted molar refractivity (Wildman–Crippen MR) is 87.2 cm³/mol. The van der Waals surface area contributed by atoms with Gasteiger partial charge in [0.1, 0.15) is 4.90 Å². The van der Waals surface area contributed by atoms with Crippen LogP contribution in [-0.4, -0.2) is 25.3 Å². The zero-order chi connectivity index (χ0) is 15.6. The highest BCUT2D eigenvalue weighted by Crippen LogP contribution is 2.36. The van der Waals surface area contributed by atoms with Gasteiger partial charge in [-0.3, -0.25) is 0 Å². The Morgan fingerprint density at radius 3 is 2.29 bits per heavy atom. The van der Waals surface area contributed by atoms with Crippen LogP contribution < -0.4 is 5.73 Å². The van der Waals surface area contributed by atoms with Gasteiger partial charge < -0.3 is 5.73 Å². The van der Waals surface area contributed by atoms with Crippen molar-refractivity contribution in [3.05, 3.63) is 34.8 Å². The van der Waals surface area contributed by atoms with E-state index in [1.54, 1.807) is 6.08 Å². The summed E-state index contributed by atoms with van der Waals surface area (Å²) in [6, 6.07) is 2.78. The zero-order valence-corrected chi connectivity index (χ0v) is 13.9. The van der Waals surface area contributed by atoms with Gasteiger partial charge in [-0.2, -0.15) is 4.31 Å². The van der Waals surface area contributed by atoms with Crippen molar-refractivity contribution in [1.82, 2.24) is 4.31 Å². The summed E-state index contributed by atoms with van der Waals surface area (Å²) in [4.78, 5) is -0.0752. The summed E-state index contributed by atoms with van der Waals surface area (Å²) in [5, 5.41) is 0.0964. The van der Waals surface area contributed by atoms with Gasteiger partial charge in [-0.15, -0.1) is 6.58 Å². The first-order valence-corrected chi connectivity index (χ1v) is 8.94. The molecule has 4 nitrogen and oxygen atoms in total. The maximum Gasteiger partial charge on any atom is 0.246 e. The Bertz CT molecular complexity index is 617. The Labute approximate surface area is 135 Å². The standard InChI is InChI=1S/C14H18Cl2N2O2S/c1-2-7-18(11-5-3-4-6-11)21(19,20)14-12(15)8-10(17)9-13(14)16/h2,8-9,11H,1,3-7,17H2. The highest BCUT2D eigenvalue weighted by molar-refractivity contribution is 7.89. The molecule has 0 aromatic heterocycles. The third-order valence-corrected chi connectivity index (χ3v) is 6.47. The molecule has 116 valence electrons. The first kappa shape index (κ1) is 16.6. The second kappa shape index (κ2) is 6.57. The number of hydrogen-bond acceptors (Lipinski definition) is 3. The van der Waals surface area contributed by atoms with Crippen molar-refractivity contribution in [2.75, 3.05) is 12.3 Å². The molecule has 0 saturated heterocycles. The largest absolute Gasteiger partial charge is 0.399 e. The molecule has 1 saturated carbocycles. The van der Waals surface area contributed by atoms with Gasteiger partial charge in [0.25, 0.3) is 0 Å². The van der Waals surface area contributed by atoms with E-state index >= 15 is 0 Å². The minimum absolute atomic E-state index is 0.0299. The molecule has 1 aromatic rings. The molecule has 0 radical (unpaired) electrons. The number of hydrogen-bond donors (Lipinski definition) is 1. The van der Waals surface area contributed by atoms with Crippen LogP contribution in [0.25, 0.3) is 0 Å². The van der Waals surface area contributed by atoms with Crippen LogP contribution in [0.4, 0.5) is 5.69 Å². The molecule has 1 fully saturated rings. The summed E-state index contributed by atoms with van der Waals surface area (Å²) in [7, 11) is -3.78. The molecule has 2 rings (SSSR count). The number of benzene rings is 1. The Morgan fingerprint density at radius 1 is 1.29 bits per heavy atom. The molecule has 21 heavy (non-hydrogen) atoms. The zero-order valence-electron chi connectivity index (χ0n) is 11.6. The van der Waals surface area contributed by atoms with E-state index in [1.807, 2.05) is 0 Å². The van der Waals surface area contributed by atoms with E-state index in [-0.39, 0.29) is 27.5 Å². The molecule has 1 aliphatic carbocycles. The van der Waals surface area contributed by atoms with Crippen molar-refractivity contribution >= 4 is 38.9 Å². The lowest BCUT2D eigenvalue weighted by molar-refractivity contribution is 0.347. The molecule has 0 bridgehead atoms. The fourth-order valence-corrected chi connectivity index (χ4v) is 5.55. The van der Waals surface area contributed by atoms with Gasteiger partial charge in [-0.05, 0) is 25.0 Å². The molecule has 2 N–H and O–H groups in total. The molecule has 1 aliphatic rings. The average Bonchev–Trinajstić information content (AvgIpc) is 2.87. The second-order valence-electron chi connectivity index (χ2n) is 5.12. The third-order valence-electron chi connectivity index (χ3n) is 3.63. The van der Waals surface area contributed by atoms with Crippen molar-refractivity contribution in [3.63, 3.8) is 0 Å². The van der Waals surface area contributed by atoms with Gasteiger partial charge in [-0.1, -0.05) is 42.1 Å². The van der Waals surface area contributed by atoms with Crippen LogP contribution in [0.5, 0.6) is 0 Å². The van der Waals surface area contributed by atoms with Crippen LogP contribution in [0.2, 0.25) is 10.0 Å². The minimum atomic E-state index is -3.78. The fourth-order valence-electron chi connectivity index (χ4n) is 2.71. The van der Waals surface area contributed by atoms with E-state index in [4.69, 9.17) is 28.9 Å². The number of rotatable bonds is 5. The summed E-state index contributed by atoms with van der Waals surface area (Å²) >= 11 is 12.1. The SMILES string of the molecule is C=CCN(C1CCCC1)S(=O)(=O)c1c(Cl)cc(N)cc1Cl. The number of nitrogens with zero attached hydrogens (tertiary/aromatic N) is 1. The van der Waals surface area contributed by atoms with Crippen LogP contribution in [-0.2, 0) is 10.0 Å². The van der Waals surface area contributed by atoms with Crippen LogP contribution in [0.15, 0.2) is 29.7 Å². The first-order valence-electron chi connectivity index (χ1n) is 6.75. The van der Waals surface area contributed by atoms with Gasteiger partial charge in [0, 0.05) is 18.3 Å². The van der Waals surface area contributed by atoms with Crippen LogP contribution in [0.1, 0.15) is 25.7 Å². The maximum absolute atomic E-state index is 12.9. The highest BCUT2D eigenvalue weighted by Gasteiger charge is 2.35. The Morgan fingerprint density at radius 2 is 1.81 bits per heavy atom. The fraction of sp³-hybridized carbons (Fsp3) is 0.429. The lowest BCUT2D eigenvalue weighted by Crippen LogP contribution is -2.39. The molecule has 0 unspecified atom stereocenters. The van der Waals surface area contributed by atoms with Gasteiger partial charge in [0.15, 0.2) is 0 Å². The quantitative estimate of drug-likeness (QED) is 0.651. The molecule has 1 aromatic carbocycles. The minimum Gasteiger partial charge on any atom is -0.399 e. The van der Waals surface area contributed by atoms with E-state index in [0.29, 0.717) is 5.69 Å². The normalized spacial score (nSPS) is 16.5. The van der Waals surface area contributed by atoms with Crippen molar-refractivity contribution < 1.29 is 8.42 Å². The smallest absolute Gasteiger partial charge is 0.246 e. The Hall–Kier alpha value is -0.750. The second-order valence-corrected chi connectivity index (χ2v) is 7.76. The van der Waals surface area contributed by atoms with Crippen molar-refractivity contribution in [2.45, 2.75) is 36.6 Å². The van der Waals surface area contributed by atoms with Gasteiger partial charge in [0.2, 0.25) is 10.0 Å². The summed E-state index contributed by atoms with van der Waals surface area (Å²) in [6.45, 7) is 3.89. The lowest BCUT2D eigenvalue weighted by Gasteiger charge is -2.27. The Balaban J connectivity index is 2.50. The molecule has 0 amide bonds. The summed E-state index contributed by atoms with van der Waals surface area (Å²) in [6.07, 6.45) is 5.32. The van der Waals surface area contributed by atoms with E-state index in [9.17, 15) is 8.42 Å². The highest BCUT2D eigenvalue weighted by atomic mass is 35.5. The average molecular weight is 349 g/mol. The van der Waals surface area contributed by atoms with Gasteiger partial charge >= 0.3 is 0 Å². The number of halogens is 2. The summed E-state index contributed by atoms with van der Waals surface area (Å²) in [5.41, 5.74) is 5.97. The summed E-state index contributed by atoms with van der Waals surface area (Å²) < 4.78 is 27.3. The maximum atomic E-state index is 12.9. The topological polar surface area (TPSA) is 63.4 Å². The van der Waals surface area contributed by atoms with E-state index in [1.165, 1.54) is 16.4 Å². The lowest BCUT2D eigenvalue weighted by atomic mass is 10.2. The van der Waals surface area contributed by atoms with Crippen LogP contribution in [0.3, 0.4) is 0 Å². The first-order chi connectivity index (χ1) is 9.87. The van der Waals surface area contributed by atoms with Crippen LogP contribution >= 0.6 is 23.2 Å². The molecular formula is C14H18Cl2N2O2S. The predicted octanol–water partition coefficient (Wildman–Crippen LogP) is 3.69. The van der Waals surface area contributed by atoms with Gasteiger partial charge in [0.05, 0.1) is 10.0 Å². The molecule has 0 heterocycles. The third kappa shape index (κ3) is 3.37. The van der Waals surface area contributed by atoms with Crippen molar-refractivity contribution in [2.24, 2.45) is 0 Å². The molecular weight excluding hydrogens is 331 g/mol. The monoisotopic (exact) mass is 348 g/mol. The number of anilines is 1. The van der Waals surface area contributed by atoms with Crippen molar-refractivity contribution in [1.29, 1.82) is 0 Å². The number of sulfonamides is 1. The number of nitrogens with two attached hydrogens (primary N) is 1. The number of nitrogen functional groups attached to an aromatic ring is 1. The van der Waals surface area contributed by atoms with E-state index in [0.717, 1.165) is 25.7 Å². The van der Waals surface area contributed by atoms with Gasteiger partial charge in [-0.25, -0.2) is 8.42 Å². The van der Waals surface area contributed by atoms with Crippen LogP contribution in [0, 0.1) is 0 Å². The molecule has 7 heteroatoms. The van der Waals surface area contributed by atoms with Crippen molar-refractivity contribution in [3.8, 4) is 0 Å². The summed E-state index contributed by atoms with van der Waals surface area (Å²) in [5.74, 6) is 0. The Kier molecular flexibility index (Phi) is 5.20. The van der Waals surface area contributed by atoms with E-state index in [2.05, 4.69) is 6.58 Å². The molecule has 0 atom stereocenters. The molecule has 0 spiro atoms.